The quantitative estimate of drug-likeness (QED) is 0.727. The molecule has 0 aromatic carbocycles. The molecule has 0 bridgehead atoms. The van der Waals surface area contributed by atoms with Crippen LogP contribution in [0.2, 0.25) is 0 Å². The molecule has 0 aliphatic heterocycles. The average Bonchev–Trinajstić information content (AvgIpc) is 2.46. The van der Waals surface area contributed by atoms with Gasteiger partial charge in [-0.2, -0.15) is 4.31 Å². The zero-order valence-electron chi connectivity index (χ0n) is 11.7. The van der Waals surface area contributed by atoms with Crippen molar-refractivity contribution in [1.29, 1.82) is 0 Å². The highest BCUT2D eigenvalue weighted by Crippen LogP contribution is 2.14. The van der Waals surface area contributed by atoms with Crippen molar-refractivity contribution in [1.82, 2.24) is 14.6 Å². The van der Waals surface area contributed by atoms with Crippen LogP contribution in [0.5, 0.6) is 0 Å². The number of rotatable bonds is 7. The van der Waals surface area contributed by atoms with E-state index in [1.54, 1.807) is 6.92 Å². The first-order valence-electron chi connectivity index (χ1n) is 6.23. The molecule has 116 valence electrons. The second kappa shape index (κ2) is 7.14. The van der Waals surface area contributed by atoms with E-state index in [1.165, 1.54) is 7.05 Å². The molecule has 21 heavy (non-hydrogen) atoms. The molecule has 8 nitrogen and oxygen atoms in total. The van der Waals surface area contributed by atoms with E-state index in [9.17, 15) is 18.0 Å². The molecule has 1 heterocycles. The average molecular weight is 315 g/mol. The van der Waals surface area contributed by atoms with Gasteiger partial charge in [0.15, 0.2) is 5.03 Å². The van der Waals surface area contributed by atoms with Gasteiger partial charge in [0.2, 0.25) is 5.91 Å². The van der Waals surface area contributed by atoms with Crippen LogP contribution in [0, 0.1) is 0 Å². The van der Waals surface area contributed by atoms with Crippen molar-refractivity contribution in [3.8, 4) is 0 Å². The molecule has 2 N–H and O–H groups in total. The number of pyridine rings is 1. The summed E-state index contributed by atoms with van der Waals surface area (Å²) in [7, 11) is -2.53. The van der Waals surface area contributed by atoms with Crippen LogP contribution < -0.4 is 5.32 Å². The standard InChI is InChI=1S/C12H17N3O5S/c1-3-6-15(8-10(16)13-2)21(19,20)11-5-4-9(7-14-11)12(17)18/h4-5,7H,3,6,8H2,1-2H3,(H,13,16)(H,17,18). The van der Waals surface area contributed by atoms with Crippen molar-refractivity contribution >= 4 is 21.9 Å². The highest BCUT2D eigenvalue weighted by molar-refractivity contribution is 7.89. The third kappa shape index (κ3) is 4.23. The zero-order valence-corrected chi connectivity index (χ0v) is 12.6. The number of carboxylic acids is 1. The van der Waals surface area contributed by atoms with Crippen LogP contribution in [0.3, 0.4) is 0 Å². The summed E-state index contributed by atoms with van der Waals surface area (Å²) in [5, 5.41) is 10.8. The van der Waals surface area contributed by atoms with Crippen molar-refractivity contribution in [3.05, 3.63) is 23.9 Å². The van der Waals surface area contributed by atoms with Gasteiger partial charge in [-0.1, -0.05) is 6.92 Å². The van der Waals surface area contributed by atoms with E-state index >= 15 is 0 Å². The molecule has 0 unspecified atom stereocenters. The van der Waals surface area contributed by atoms with Gasteiger partial charge in [0.1, 0.15) is 0 Å². The van der Waals surface area contributed by atoms with Crippen LogP contribution in [-0.2, 0) is 14.8 Å². The van der Waals surface area contributed by atoms with Gasteiger partial charge in [0.05, 0.1) is 12.1 Å². The van der Waals surface area contributed by atoms with Gasteiger partial charge in [-0.05, 0) is 18.6 Å². The lowest BCUT2D eigenvalue weighted by atomic mass is 10.3. The molecule has 0 aliphatic rings. The summed E-state index contributed by atoms with van der Waals surface area (Å²) in [6, 6.07) is 2.28. The second-order valence-corrected chi connectivity index (χ2v) is 6.09. The number of hydrogen-bond donors (Lipinski definition) is 2. The van der Waals surface area contributed by atoms with Gasteiger partial charge in [-0.3, -0.25) is 4.79 Å². The summed E-state index contributed by atoms with van der Waals surface area (Å²) in [6.07, 6.45) is 1.50. The third-order valence-corrected chi connectivity index (χ3v) is 4.42. The Morgan fingerprint density at radius 1 is 1.38 bits per heavy atom. The number of aromatic nitrogens is 1. The molecule has 0 fully saturated rings. The van der Waals surface area contributed by atoms with Crippen molar-refractivity contribution in [3.63, 3.8) is 0 Å². The SMILES string of the molecule is CCCN(CC(=O)NC)S(=O)(=O)c1ccc(C(=O)O)cn1. The van der Waals surface area contributed by atoms with Crippen molar-refractivity contribution in [2.75, 3.05) is 20.1 Å². The number of carbonyl (C=O) groups is 2. The maximum absolute atomic E-state index is 12.4. The number of likely N-dealkylation sites (N-methyl/N-ethyl adjacent to an activating group) is 1. The highest BCUT2D eigenvalue weighted by atomic mass is 32.2. The van der Waals surface area contributed by atoms with E-state index in [2.05, 4.69) is 10.3 Å². The Morgan fingerprint density at radius 2 is 2.05 bits per heavy atom. The first kappa shape index (κ1) is 17.1. The summed E-state index contributed by atoms with van der Waals surface area (Å²) in [5.74, 6) is -1.63. The summed E-state index contributed by atoms with van der Waals surface area (Å²) >= 11 is 0. The van der Waals surface area contributed by atoms with E-state index in [4.69, 9.17) is 5.11 Å². The fraction of sp³-hybridized carbons (Fsp3) is 0.417. The maximum atomic E-state index is 12.4. The van der Waals surface area contributed by atoms with Crippen molar-refractivity contribution in [2.24, 2.45) is 0 Å². The summed E-state index contributed by atoms with van der Waals surface area (Å²) in [4.78, 5) is 25.8. The number of nitrogens with one attached hydrogen (secondary N) is 1. The Morgan fingerprint density at radius 3 is 2.48 bits per heavy atom. The maximum Gasteiger partial charge on any atom is 0.337 e. The number of carboxylic acid groups (broad SMARTS) is 1. The van der Waals surface area contributed by atoms with E-state index in [0.717, 1.165) is 22.6 Å². The molecular weight excluding hydrogens is 298 g/mol. The zero-order chi connectivity index (χ0) is 16.0. The van der Waals surface area contributed by atoms with Gasteiger partial charge < -0.3 is 10.4 Å². The minimum absolute atomic E-state index is 0.109. The van der Waals surface area contributed by atoms with E-state index < -0.39 is 21.9 Å². The van der Waals surface area contributed by atoms with Gasteiger partial charge in [0.25, 0.3) is 10.0 Å². The Kier molecular flexibility index (Phi) is 5.79. The molecule has 0 aliphatic carbocycles. The Hall–Kier alpha value is -2.00. The van der Waals surface area contributed by atoms with Crippen LogP contribution in [0.1, 0.15) is 23.7 Å². The van der Waals surface area contributed by atoms with Gasteiger partial charge in [-0.15, -0.1) is 0 Å². The number of sulfonamides is 1. The summed E-state index contributed by atoms with van der Waals surface area (Å²) in [5.41, 5.74) is -0.109. The largest absolute Gasteiger partial charge is 0.478 e. The van der Waals surface area contributed by atoms with Gasteiger partial charge >= 0.3 is 5.97 Å². The summed E-state index contributed by atoms with van der Waals surface area (Å²) in [6.45, 7) is 1.64. The first-order chi connectivity index (χ1) is 9.82. The number of aromatic carboxylic acids is 1. The third-order valence-electron chi connectivity index (χ3n) is 2.66. The van der Waals surface area contributed by atoms with Crippen LogP contribution in [0.25, 0.3) is 0 Å². The molecule has 0 radical (unpaired) electrons. The van der Waals surface area contributed by atoms with Crippen molar-refractivity contribution in [2.45, 2.75) is 18.4 Å². The van der Waals surface area contributed by atoms with Gasteiger partial charge in [-0.25, -0.2) is 18.2 Å². The number of carbonyl (C=O) groups excluding carboxylic acids is 1. The van der Waals surface area contributed by atoms with Crippen LogP contribution in [-0.4, -0.2) is 54.8 Å². The van der Waals surface area contributed by atoms with E-state index in [-0.39, 0.29) is 23.7 Å². The topological polar surface area (TPSA) is 117 Å². The molecule has 1 amide bonds. The lowest BCUT2D eigenvalue weighted by Gasteiger charge is -2.20. The number of amides is 1. The predicted molar refractivity (Wildman–Crippen MR) is 74.3 cm³/mol. The van der Waals surface area contributed by atoms with E-state index in [0.29, 0.717) is 6.42 Å². The fourth-order valence-electron chi connectivity index (χ4n) is 1.56. The summed E-state index contributed by atoms with van der Waals surface area (Å²) < 4.78 is 25.8. The molecule has 1 aromatic heterocycles. The minimum Gasteiger partial charge on any atom is -0.478 e. The van der Waals surface area contributed by atoms with Gasteiger partial charge in [0, 0.05) is 19.8 Å². The molecule has 9 heteroatoms. The highest BCUT2D eigenvalue weighted by Gasteiger charge is 2.27. The normalized spacial score (nSPS) is 11.4. The minimum atomic E-state index is -3.94. The monoisotopic (exact) mass is 315 g/mol. The Labute approximate surface area is 122 Å². The van der Waals surface area contributed by atoms with Crippen LogP contribution >= 0.6 is 0 Å². The smallest absolute Gasteiger partial charge is 0.337 e. The molecule has 0 saturated heterocycles. The molecular formula is C12H17N3O5S. The van der Waals surface area contributed by atoms with Crippen LogP contribution in [0.4, 0.5) is 0 Å². The fourth-order valence-corrected chi connectivity index (χ4v) is 2.97. The lowest BCUT2D eigenvalue weighted by Crippen LogP contribution is -2.40. The number of nitrogens with zero attached hydrogens (tertiary/aromatic N) is 2. The molecule has 0 spiro atoms. The molecule has 1 rings (SSSR count). The first-order valence-corrected chi connectivity index (χ1v) is 7.67. The van der Waals surface area contributed by atoms with E-state index in [1.807, 2.05) is 0 Å². The van der Waals surface area contributed by atoms with Crippen LogP contribution in [0.15, 0.2) is 23.4 Å². The van der Waals surface area contributed by atoms with Crippen molar-refractivity contribution < 1.29 is 23.1 Å². The molecule has 1 aromatic rings. The molecule has 0 atom stereocenters. The molecule has 0 saturated carbocycles. The number of hydrogen-bond acceptors (Lipinski definition) is 5. The predicted octanol–water partition coefficient (Wildman–Crippen LogP) is -0.0735. The Balaban J connectivity index is 3.09. The Bertz CT molecular complexity index is 612. The second-order valence-electron chi connectivity index (χ2n) is 4.20. The lowest BCUT2D eigenvalue weighted by molar-refractivity contribution is -0.120.